The molecule has 0 radical (unpaired) electrons. The molecule has 3 atom stereocenters. The number of carboxylic acids is 1. The molecule has 3 aliphatic heterocycles. The van der Waals surface area contributed by atoms with E-state index in [1.807, 2.05) is 0 Å². The van der Waals surface area contributed by atoms with Gasteiger partial charge in [-0.25, -0.2) is 8.42 Å². The number of amides is 1. The van der Waals surface area contributed by atoms with Gasteiger partial charge in [-0.05, 0) is 25.7 Å². The molecule has 3 heterocycles. The summed E-state index contributed by atoms with van der Waals surface area (Å²) in [6, 6.07) is -0.691. The lowest BCUT2D eigenvalue weighted by Crippen LogP contribution is -2.49. The van der Waals surface area contributed by atoms with Crippen molar-refractivity contribution in [2.24, 2.45) is 11.3 Å². The fourth-order valence-electron chi connectivity index (χ4n) is 4.37. The first-order valence-corrected chi connectivity index (χ1v) is 10.5. The van der Waals surface area contributed by atoms with Gasteiger partial charge in [0.15, 0.2) is 0 Å². The minimum Gasteiger partial charge on any atom is -0.481 e. The van der Waals surface area contributed by atoms with Crippen molar-refractivity contribution in [3.63, 3.8) is 0 Å². The normalized spacial score (nSPS) is 33.4. The summed E-state index contributed by atoms with van der Waals surface area (Å²) in [4.78, 5) is 26.4. The summed E-state index contributed by atoms with van der Waals surface area (Å²) in [7, 11) is -3.45. The molecule has 25 heavy (non-hydrogen) atoms. The second-order valence-corrected chi connectivity index (χ2v) is 9.33. The number of sulfonamides is 1. The largest absolute Gasteiger partial charge is 0.481 e. The smallest absolute Gasteiger partial charge is 0.311 e. The molecule has 0 bridgehead atoms. The molecular weight excluding hydrogens is 348 g/mol. The van der Waals surface area contributed by atoms with Crippen LogP contribution in [0, 0.1) is 11.3 Å². The summed E-state index contributed by atoms with van der Waals surface area (Å²) in [6.45, 7) is 3.34. The van der Waals surface area contributed by atoms with Crippen LogP contribution in [0.3, 0.4) is 0 Å². The summed E-state index contributed by atoms with van der Waals surface area (Å²) in [5.41, 5.74) is -0.959. The van der Waals surface area contributed by atoms with E-state index in [1.165, 1.54) is 4.31 Å². The number of hydrogen-bond donors (Lipinski definition) is 1. The summed E-state index contributed by atoms with van der Waals surface area (Å²) in [5, 5.41) is 9.72. The van der Waals surface area contributed by atoms with Gasteiger partial charge in [-0.2, -0.15) is 4.31 Å². The number of carbonyl (C=O) groups is 2. The molecule has 0 saturated carbocycles. The first-order chi connectivity index (χ1) is 11.8. The predicted molar refractivity (Wildman–Crippen MR) is 89.4 cm³/mol. The van der Waals surface area contributed by atoms with Gasteiger partial charge in [0, 0.05) is 32.2 Å². The molecule has 3 saturated heterocycles. The number of aliphatic carboxylic acids is 1. The second kappa shape index (κ2) is 6.85. The maximum atomic E-state index is 13.0. The molecule has 0 aromatic carbocycles. The Morgan fingerprint density at radius 1 is 1.36 bits per heavy atom. The van der Waals surface area contributed by atoms with E-state index in [0.717, 1.165) is 0 Å². The summed E-state index contributed by atoms with van der Waals surface area (Å²) < 4.78 is 31.6. The van der Waals surface area contributed by atoms with E-state index in [0.29, 0.717) is 52.0 Å². The maximum Gasteiger partial charge on any atom is 0.311 e. The van der Waals surface area contributed by atoms with Gasteiger partial charge in [-0.15, -0.1) is 0 Å². The van der Waals surface area contributed by atoms with Crippen molar-refractivity contribution in [3.8, 4) is 0 Å². The van der Waals surface area contributed by atoms with Crippen molar-refractivity contribution in [2.45, 2.75) is 38.6 Å². The molecular formula is C16H26N2O6S. The van der Waals surface area contributed by atoms with Crippen LogP contribution in [0.2, 0.25) is 0 Å². The second-order valence-electron chi connectivity index (χ2n) is 7.29. The SMILES string of the molecule is CCCS(=O)(=O)N1CCCC1C(=O)N1C[C@H]2COCC[C@@]2(C(=O)O)C1. The molecule has 0 aliphatic carbocycles. The lowest BCUT2D eigenvalue weighted by Gasteiger charge is -2.34. The molecule has 8 nitrogen and oxygen atoms in total. The summed E-state index contributed by atoms with van der Waals surface area (Å²) in [6.07, 6.45) is 2.05. The van der Waals surface area contributed by atoms with Crippen LogP contribution in [0.15, 0.2) is 0 Å². The molecule has 0 spiro atoms. The van der Waals surface area contributed by atoms with E-state index in [-0.39, 0.29) is 24.1 Å². The summed E-state index contributed by atoms with van der Waals surface area (Å²) in [5.74, 6) is -1.35. The van der Waals surface area contributed by atoms with Crippen molar-refractivity contribution in [3.05, 3.63) is 0 Å². The van der Waals surface area contributed by atoms with Gasteiger partial charge in [0.05, 0.1) is 17.8 Å². The van der Waals surface area contributed by atoms with Crippen LogP contribution in [0.5, 0.6) is 0 Å². The number of fused-ring (bicyclic) bond motifs is 1. The van der Waals surface area contributed by atoms with E-state index in [2.05, 4.69) is 0 Å². The number of nitrogens with zero attached hydrogens (tertiary/aromatic N) is 2. The van der Waals surface area contributed by atoms with Crippen molar-refractivity contribution in [1.29, 1.82) is 0 Å². The minimum absolute atomic E-state index is 0.0340. The lowest BCUT2D eigenvalue weighted by molar-refractivity contribution is -0.157. The fraction of sp³-hybridized carbons (Fsp3) is 0.875. The van der Waals surface area contributed by atoms with Gasteiger partial charge < -0.3 is 14.7 Å². The average molecular weight is 374 g/mol. The Kier molecular flexibility index (Phi) is 5.09. The monoisotopic (exact) mass is 374 g/mol. The molecule has 9 heteroatoms. The average Bonchev–Trinajstić information content (AvgIpc) is 3.19. The standard InChI is InChI=1S/C16H26N2O6S/c1-2-8-25(22,23)18-6-3-4-13(18)14(19)17-9-12-10-24-7-5-16(12,11-17)15(20)21/h12-13H,2-11H2,1H3,(H,20,21)/t12-,13?,16+/m0/s1. The third kappa shape index (κ3) is 3.17. The number of carbonyl (C=O) groups excluding carboxylic acids is 1. The van der Waals surface area contributed by atoms with Crippen LogP contribution >= 0.6 is 0 Å². The van der Waals surface area contributed by atoms with Gasteiger partial charge >= 0.3 is 5.97 Å². The zero-order valence-electron chi connectivity index (χ0n) is 14.5. The zero-order chi connectivity index (χ0) is 18.2. The van der Waals surface area contributed by atoms with Gasteiger partial charge in [-0.3, -0.25) is 9.59 Å². The zero-order valence-corrected chi connectivity index (χ0v) is 15.3. The van der Waals surface area contributed by atoms with Crippen molar-refractivity contribution < 1.29 is 27.9 Å². The van der Waals surface area contributed by atoms with Crippen LogP contribution in [0.4, 0.5) is 0 Å². The highest BCUT2D eigenvalue weighted by Crippen LogP contribution is 2.43. The van der Waals surface area contributed by atoms with E-state index in [9.17, 15) is 23.1 Å². The third-order valence-corrected chi connectivity index (χ3v) is 7.83. The number of ether oxygens (including phenoxy) is 1. The third-order valence-electron chi connectivity index (χ3n) is 5.75. The molecule has 3 fully saturated rings. The Hall–Kier alpha value is -1.19. The first-order valence-electron chi connectivity index (χ1n) is 8.91. The molecule has 1 unspecified atom stereocenters. The fourth-order valence-corrected chi connectivity index (χ4v) is 6.11. The highest BCUT2D eigenvalue weighted by molar-refractivity contribution is 7.89. The van der Waals surface area contributed by atoms with Gasteiger partial charge in [-0.1, -0.05) is 6.92 Å². The van der Waals surface area contributed by atoms with E-state index < -0.39 is 27.4 Å². The summed E-state index contributed by atoms with van der Waals surface area (Å²) >= 11 is 0. The molecule has 3 rings (SSSR count). The minimum atomic E-state index is -3.45. The molecule has 0 aromatic rings. The van der Waals surface area contributed by atoms with Crippen LogP contribution in [0.25, 0.3) is 0 Å². The van der Waals surface area contributed by atoms with Crippen LogP contribution < -0.4 is 0 Å². The van der Waals surface area contributed by atoms with Crippen molar-refractivity contribution in [2.75, 3.05) is 38.6 Å². The Morgan fingerprint density at radius 2 is 2.12 bits per heavy atom. The van der Waals surface area contributed by atoms with E-state index >= 15 is 0 Å². The Morgan fingerprint density at radius 3 is 2.76 bits per heavy atom. The number of rotatable bonds is 5. The Balaban J connectivity index is 1.78. The molecule has 1 N–H and O–H groups in total. The molecule has 0 aromatic heterocycles. The van der Waals surface area contributed by atoms with Crippen LogP contribution in [-0.2, 0) is 24.3 Å². The Bertz CT molecular complexity index is 651. The van der Waals surface area contributed by atoms with Crippen molar-refractivity contribution in [1.82, 2.24) is 9.21 Å². The van der Waals surface area contributed by atoms with E-state index in [1.54, 1.807) is 11.8 Å². The van der Waals surface area contributed by atoms with Gasteiger partial charge in [0.2, 0.25) is 15.9 Å². The first kappa shape index (κ1) is 18.6. The van der Waals surface area contributed by atoms with E-state index in [4.69, 9.17) is 4.74 Å². The predicted octanol–water partition coefficient (Wildman–Crippen LogP) is 0.140. The van der Waals surface area contributed by atoms with Crippen molar-refractivity contribution >= 4 is 21.9 Å². The topological polar surface area (TPSA) is 104 Å². The van der Waals surface area contributed by atoms with Crippen LogP contribution in [-0.4, -0.2) is 79.2 Å². The molecule has 3 aliphatic rings. The van der Waals surface area contributed by atoms with Gasteiger partial charge in [0.1, 0.15) is 6.04 Å². The van der Waals surface area contributed by atoms with Gasteiger partial charge in [0.25, 0.3) is 0 Å². The number of likely N-dealkylation sites (tertiary alicyclic amines) is 1. The van der Waals surface area contributed by atoms with Crippen LogP contribution in [0.1, 0.15) is 32.6 Å². The molecule has 142 valence electrons. The number of hydrogen-bond acceptors (Lipinski definition) is 5. The molecule has 1 amide bonds. The Labute approximate surface area is 148 Å². The highest BCUT2D eigenvalue weighted by Gasteiger charge is 2.56. The number of carboxylic acid groups (broad SMARTS) is 1. The highest BCUT2D eigenvalue weighted by atomic mass is 32.2. The lowest BCUT2D eigenvalue weighted by atomic mass is 9.74. The quantitative estimate of drug-likeness (QED) is 0.734. The maximum absolute atomic E-state index is 13.0.